The molecule has 3 N–H and O–H groups in total. The molecule has 15 heavy (non-hydrogen) atoms. The average molecular weight is 206 g/mol. The maximum Gasteiger partial charge on any atom is 0.151 e. The van der Waals surface area contributed by atoms with E-state index < -0.39 is 0 Å². The van der Waals surface area contributed by atoms with E-state index in [0.717, 1.165) is 18.9 Å². The first kappa shape index (κ1) is 9.21. The van der Waals surface area contributed by atoms with Crippen molar-refractivity contribution in [2.75, 3.05) is 18.4 Å². The van der Waals surface area contributed by atoms with E-state index >= 15 is 0 Å². The number of nitrogens with zero attached hydrogens (tertiary/aromatic N) is 1. The van der Waals surface area contributed by atoms with Crippen LogP contribution in [0.25, 0.3) is 0 Å². The first-order chi connectivity index (χ1) is 7.43. The molecule has 1 saturated heterocycles. The smallest absolute Gasteiger partial charge is 0.151 e. The highest BCUT2D eigenvalue weighted by atomic mass is 15.2. The molecule has 0 aromatic carbocycles. The van der Waals surface area contributed by atoms with Crippen molar-refractivity contribution in [2.24, 2.45) is 0 Å². The first-order valence-electron chi connectivity index (χ1n) is 5.97. The second kappa shape index (κ2) is 3.85. The van der Waals surface area contributed by atoms with Gasteiger partial charge in [-0.1, -0.05) is 0 Å². The third kappa shape index (κ3) is 1.74. The molecule has 2 aliphatic rings. The van der Waals surface area contributed by atoms with Gasteiger partial charge in [0.2, 0.25) is 0 Å². The Bertz CT molecular complexity index is 338. The van der Waals surface area contributed by atoms with Crippen LogP contribution in [-0.4, -0.2) is 29.3 Å². The van der Waals surface area contributed by atoms with Gasteiger partial charge in [0.15, 0.2) is 5.82 Å². The molecule has 0 amide bonds. The molecule has 1 fully saturated rings. The molecule has 0 saturated carbocycles. The third-order valence-electron chi connectivity index (χ3n) is 3.49. The van der Waals surface area contributed by atoms with Gasteiger partial charge in [-0.3, -0.25) is 5.10 Å². The summed E-state index contributed by atoms with van der Waals surface area (Å²) in [7, 11) is 0. The molecule has 0 radical (unpaired) electrons. The summed E-state index contributed by atoms with van der Waals surface area (Å²) >= 11 is 0. The van der Waals surface area contributed by atoms with E-state index in [-0.39, 0.29) is 0 Å². The summed E-state index contributed by atoms with van der Waals surface area (Å²) in [6.07, 6.45) is 6.07. The summed E-state index contributed by atoms with van der Waals surface area (Å²) < 4.78 is 0. The van der Waals surface area contributed by atoms with Gasteiger partial charge in [0, 0.05) is 17.3 Å². The largest absolute Gasteiger partial charge is 0.366 e. The predicted octanol–water partition coefficient (Wildman–Crippen LogP) is 1.06. The molecule has 4 nitrogen and oxygen atoms in total. The Hall–Kier alpha value is -1.03. The molecule has 82 valence electrons. The Labute approximate surface area is 89.8 Å². The Balaban J connectivity index is 1.70. The Morgan fingerprint density at radius 2 is 2.07 bits per heavy atom. The Morgan fingerprint density at radius 1 is 1.20 bits per heavy atom. The lowest BCUT2D eigenvalue weighted by Crippen LogP contribution is -2.35. The summed E-state index contributed by atoms with van der Waals surface area (Å²) in [5.74, 6) is 1.12. The Kier molecular flexibility index (Phi) is 2.37. The SMILES string of the molecule is C1Cc2[nH]nc(NC3CCNCC3)c2C1. The normalized spacial score (nSPS) is 21.6. The molecule has 2 heterocycles. The van der Waals surface area contributed by atoms with E-state index in [9.17, 15) is 0 Å². The number of nitrogens with one attached hydrogen (secondary N) is 3. The number of anilines is 1. The standard InChI is InChI=1S/C11H18N4/c1-2-9-10(3-1)14-15-11(9)13-8-4-6-12-7-5-8/h8,12H,1-7H2,(H2,13,14,15). The quantitative estimate of drug-likeness (QED) is 0.678. The minimum atomic E-state index is 0.610. The van der Waals surface area contributed by atoms with E-state index in [1.807, 2.05) is 0 Å². The number of piperidine rings is 1. The summed E-state index contributed by atoms with van der Waals surface area (Å²) in [5, 5.41) is 14.5. The summed E-state index contributed by atoms with van der Waals surface area (Å²) in [5.41, 5.74) is 2.79. The van der Waals surface area contributed by atoms with Crippen molar-refractivity contribution < 1.29 is 0 Å². The highest BCUT2D eigenvalue weighted by molar-refractivity contribution is 5.49. The first-order valence-corrected chi connectivity index (χ1v) is 5.97. The number of hydrogen-bond donors (Lipinski definition) is 3. The molecule has 0 unspecified atom stereocenters. The highest BCUT2D eigenvalue weighted by Gasteiger charge is 2.21. The van der Waals surface area contributed by atoms with E-state index in [0.29, 0.717) is 6.04 Å². The molecular formula is C11H18N4. The lowest BCUT2D eigenvalue weighted by Gasteiger charge is -2.23. The molecule has 4 heteroatoms. The summed E-state index contributed by atoms with van der Waals surface area (Å²) in [6, 6.07) is 0.610. The molecule has 0 spiro atoms. The van der Waals surface area contributed by atoms with Crippen LogP contribution in [0.1, 0.15) is 30.5 Å². The van der Waals surface area contributed by atoms with Crippen LogP contribution in [0.3, 0.4) is 0 Å². The number of H-pyrrole nitrogens is 1. The molecule has 0 bridgehead atoms. The van der Waals surface area contributed by atoms with Crippen LogP contribution in [0.15, 0.2) is 0 Å². The van der Waals surface area contributed by atoms with E-state index in [2.05, 4.69) is 20.8 Å². The lowest BCUT2D eigenvalue weighted by molar-refractivity contribution is 0.478. The number of aryl methyl sites for hydroxylation is 1. The maximum atomic E-state index is 4.38. The molecule has 1 aromatic heterocycles. The second-order valence-electron chi connectivity index (χ2n) is 4.55. The van der Waals surface area contributed by atoms with Crippen LogP contribution in [0, 0.1) is 0 Å². The van der Waals surface area contributed by atoms with Gasteiger partial charge in [0.1, 0.15) is 0 Å². The van der Waals surface area contributed by atoms with Gasteiger partial charge in [-0.15, -0.1) is 0 Å². The zero-order valence-corrected chi connectivity index (χ0v) is 8.97. The van der Waals surface area contributed by atoms with Gasteiger partial charge in [0.05, 0.1) is 0 Å². The van der Waals surface area contributed by atoms with Crippen molar-refractivity contribution in [3.8, 4) is 0 Å². The number of rotatable bonds is 2. The monoisotopic (exact) mass is 206 g/mol. The van der Waals surface area contributed by atoms with Crippen molar-refractivity contribution in [1.29, 1.82) is 0 Å². The number of aromatic nitrogens is 2. The van der Waals surface area contributed by atoms with Crippen LogP contribution >= 0.6 is 0 Å². The number of aromatic amines is 1. The lowest BCUT2D eigenvalue weighted by atomic mass is 10.1. The zero-order chi connectivity index (χ0) is 10.1. The minimum absolute atomic E-state index is 0.610. The van der Waals surface area contributed by atoms with Crippen molar-refractivity contribution >= 4 is 5.82 Å². The van der Waals surface area contributed by atoms with E-state index in [4.69, 9.17) is 0 Å². The summed E-state index contributed by atoms with van der Waals surface area (Å²) in [4.78, 5) is 0. The minimum Gasteiger partial charge on any atom is -0.366 e. The molecule has 3 rings (SSSR count). The number of fused-ring (bicyclic) bond motifs is 1. The van der Waals surface area contributed by atoms with Gasteiger partial charge in [-0.05, 0) is 45.2 Å². The fourth-order valence-electron chi connectivity index (χ4n) is 2.60. The fourth-order valence-corrected chi connectivity index (χ4v) is 2.60. The topological polar surface area (TPSA) is 52.7 Å². The molecule has 1 aromatic rings. The molecule has 0 atom stereocenters. The van der Waals surface area contributed by atoms with Gasteiger partial charge in [0.25, 0.3) is 0 Å². The van der Waals surface area contributed by atoms with Crippen LogP contribution in [0.2, 0.25) is 0 Å². The zero-order valence-electron chi connectivity index (χ0n) is 8.97. The van der Waals surface area contributed by atoms with Crippen LogP contribution in [0.5, 0.6) is 0 Å². The number of hydrogen-bond acceptors (Lipinski definition) is 3. The van der Waals surface area contributed by atoms with Crippen LogP contribution in [-0.2, 0) is 12.8 Å². The third-order valence-corrected chi connectivity index (χ3v) is 3.49. The van der Waals surface area contributed by atoms with Gasteiger partial charge >= 0.3 is 0 Å². The van der Waals surface area contributed by atoms with Crippen LogP contribution < -0.4 is 10.6 Å². The van der Waals surface area contributed by atoms with Crippen molar-refractivity contribution in [1.82, 2.24) is 15.5 Å². The molecule has 1 aliphatic carbocycles. The average Bonchev–Trinajstić information content (AvgIpc) is 2.85. The van der Waals surface area contributed by atoms with Gasteiger partial charge < -0.3 is 10.6 Å². The van der Waals surface area contributed by atoms with Crippen molar-refractivity contribution in [2.45, 2.75) is 38.1 Å². The fraction of sp³-hybridized carbons (Fsp3) is 0.727. The highest BCUT2D eigenvalue weighted by Crippen LogP contribution is 2.27. The molecule has 1 aliphatic heterocycles. The van der Waals surface area contributed by atoms with Crippen molar-refractivity contribution in [3.05, 3.63) is 11.3 Å². The van der Waals surface area contributed by atoms with Gasteiger partial charge in [-0.2, -0.15) is 5.10 Å². The van der Waals surface area contributed by atoms with Crippen LogP contribution in [0.4, 0.5) is 5.82 Å². The van der Waals surface area contributed by atoms with Gasteiger partial charge in [-0.25, -0.2) is 0 Å². The second-order valence-corrected chi connectivity index (χ2v) is 4.55. The summed E-state index contributed by atoms with van der Waals surface area (Å²) in [6.45, 7) is 2.26. The molecular weight excluding hydrogens is 188 g/mol. The Morgan fingerprint density at radius 3 is 2.93 bits per heavy atom. The maximum absolute atomic E-state index is 4.38. The van der Waals surface area contributed by atoms with Crippen molar-refractivity contribution in [3.63, 3.8) is 0 Å². The predicted molar refractivity (Wildman–Crippen MR) is 60.1 cm³/mol. The van der Waals surface area contributed by atoms with E-state index in [1.165, 1.54) is 43.4 Å². The van der Waals surface area contributed by atoms with E-state index in [1.54, 1.807) is 0 Å².